The van der Waals surface area contributed by atoms with Crippen molar-refractivity contribution in [2.45, 2.75) is 25.9 Å². The molecule has 0 bridgehead atoms. The molecule has 1 heterocycles. The van der Waals surface area contributed by atoms with Crippen molar-refractivity contribution in [3.05, 3.63) is 48.3 Å². The van der Waals surface area contributed by atoms with E-state index in [0.717, 1.165) is 24.3 Å². The highest BCUT2D eigenvalue weighted by atomic mass is 16.5. The summed E-state index contributed by atoms with van der Waals surface area (Å²) in [5.41, 5.74) is 7.13. The molecule has 0 saturated carbocycles. The molecule has 0 saturated heterocycles. The van der Waals surface area contributed by atoms with Crippen molar-refractivity contribution in [3.8, 4) is 5.75 Å². The monoisotopic (exact) mass is 245 g/mol. The van der Waals surface area contributed by atoms with E-state index in [1.807, 2.05) is 41.2 Å². The van der Waals surface area contributed by atoms with Gasteiger partial charge in [-0.1, -0.05) is 25.1 Å². The summed E-state index contributed by atoms with van der Waals surface area (Å²) in [7, 11) is 0. The van der Waals surface area contributed by atoms with E-state index in [1.165, 1.54) is 0 Å². The van der Waals surface area contributed by atoms with Crippen LogP contribution in [0.2, 0.25) is 0 Å². The second-order valence-corrected chi connectivity index (χ2v) is 4.17. The highest BCUT2D eigenvalue weighted by Crippen LogP contribution is 2.25. The van der Waals surface area contributed by atoms with E-state index in [-0.39, 0.29) is 6.04 Å². The zero-order valence-electron chi connectivity index (χ0n) is 10.6. The molecule has 0 aliphatic heterocycles. The van der Waals surface area contributed by atoms with Gasteiger partial charge in [0.1, 0.15) is 12.4 Å². The molecule has 18 heavy (non-hydrogen) atoms. The van der Waals surface area contributed by atoms with Crippen molar-refractivity contribution >= 4 is 0 Å². The summed E-state index contributed by atoms with van der Waals surface area (Å²) in [6.07, 6.45) is 4.59. The highest BCUT2D eigenvalue weighted by Gasteiger charge is 2.09. The first kappa shape index (κ1) is 12.6. The van der Waals surface area contributed by atoms with Gasteiger partial charge < -0.3 is 10.5 Å². The largest absolute Gasteiger partial charge is 0.491 e. The Bertz CT molecular complexity index is 468. The summed E-state index contributed by atoms with van der Waals surface area (Å²) in [6.45, 7) is 3.41. The second-order valence-electron chi connectivity index (χ2n) is 4.17. The van der Waals surface area contributed by atoms with Gasteiger partial charge in [0.05, 0.1) is 6.54 Å². The molecule has 1 aromatic carbocycles. The van der Waals surface area contributed by atoms with Gasteiger partial charge in [0, 0.05) is 24.0 Å². The molecule has 0 aliphatic rings. The maximum Gasteiger partial charge on any atom is 0.124 e. The molecule has 0 spiro atoms. The van der Waals surface area contributed by atoms with Gasteiger partial charge in [-0.05, 0) is 18.6 Å². The molecule has 0 aliphatic carbocycles. The van der Waals surface area contributed by atoms with Crippen LogP contribution in [-0.2, 0) is 6.54 Å². The zero-order valence-corrected chi connectivity index (χ0v) is 10.6. The van der Waals surface area contributed by atoms with Gasteiger partial charge in [-0.3, -0.25) is 4.68 Å². The Morgan fingerprint density at radius 3 is 2.89 bits per heavy atom. The smallest absolute Gasteiger partial charge is 0.124 e. The number of para-hydroxylation sites is 1. The van der Waals surface area contributed by atoms with Crippen LogP contribution in [0.5, 0.6) is 5.75 Å². The van der Waals surface area contributed by atoms with E-state index in [9.17, 15) is 0 Å². The third-order valence-corrected chi connectivity index (χ3v) is 2.90. The number of nitrogens with two attached hydrogens (primary N) is 1. The molecule has 96 valence electrons. The van der Waals surface area contributed by atoms with Crippen LogP contribution in [0, 0.1) is 0 Å². The normalized spacial score (nSPS) is 12.3. The lowest BCUT2D eigenvalue weighted by molar-refractivity contribution is 0.287. The average molecular weight is 245 g/mol. The van der Waals surface area contributed by atoms with Crippen molar-refractivity contribution in [1.82, 2.24) is 9.78 Å². The molecule has 1 atom stereocenters. The van der Waals surface area contributed by atoms with Gasteiger partial charge in [-0.15, -0.1) is 0 Å². The third kappa shape index (κ3) is 3.11. The SMILES string of the molecule is CC[C@H](N)c1ccccc1OCCn1cccn1. The molecular formula is C14H19N3O. The average Bonchev–Trinajstić information content (AvgIpc) is 2.92. The molecule has 0 unspecified atom stereocenters. The summed E-state index contributed by atoms with van der Waals surface area (Å²) in [4.78, 5) is 0. The minimum absolute atomic E-state index is 0.0332. The molecule has 1 aromatic heterocycles. The van der Waals surface area contributed by atoms with E-state index in [1.54, 1.807) is 6.20 Å². The van der Waals surface area contributed by atoms with Gasteiger partial charge in [0.25, 0.3) is 0 Å². The maximum absolute atomic E-state index is 6.06. The van der Waals surface area contributed by atoms with E-state index in [0.29, 0.717) is 6.61 Å². The fourth-order valence-corrected chi connectivity index (χ4v) is 1.82. The molecular weight excluding hydrogens is 226 g/mol. The fraction of sp³-hybridized carbons (Fsp3) is 0.357. The highest BCUT2D eigenvalue weighted by molar-refractivity contribution is 5.35. The molecule has 2 N–H and O–H groups in total. The zero-order chi connectivity index (χ0) is 12.8. The Balaban J connectivity index is 1.96. The third-order valence-electron chi connectivity index (χ3n) is 2.90. The first-order chi connectivity index (χ1) is 8.81. The standard InChI is InChI=1S/C14H19N3O/c1-2-13(15)12-6-3-4-7-14(12)18-11-10-17-9-5-8-16-17/h3-9,13H,2,10-11,15H2,1H3/t13-/m0/s1. The van der Waals surface area contributed by atoms with Crippen LogP contribution in [0.15, 0.2) is 42.7 Å². The van der Waals surface area contributed by atoms with Crippen LogP contribution >= 0.6 is 0 Å². The number of benzene rings is 1. The predicted molar refractivity (Wildman–Crippen MR) is 71.4 cm³/mol. The van der Waals surface area contributed by atoms with E-state index >= 15 is 0 Å². The minimum atomic E-state index is 0.0332. The van der Waals surface area contributed by atoms with Gasteiger partial charge in [0.2, 0.25) is 0 Å². The first-order valence-electron chi connectivity index (χ1n) is 6.26. The molecule has 4 heteroatoms. The first-order valence-corrected chi connectivity index (χ1v) is 6.26. The van der Waals surface area contributed by atoms with Gasteiger partial charge in [0.15, 0.2) is 0 Å². The Morgan fingerprint density at radius 2 is 2.17 bits per heavy atom. The molecule has 0 fully saturated rings. The van der Waals surface area contributed by atoms with E-state index in [4.69, 9.17) is 10.5 Å². The lowest BCUT2D eigenvalue weighted by Crippen LogP contribution is -2.13. The number of hydrogen-bond acceptors (Lipinski definition) is 3. The Kier molecular flexibility index (Phi) is 4.36. The molecule has 2 rings (SSSR count). The fourth-order valence-electron chi connectivity index (χ4n) is 1.82. The predicted octanol–water partition coefficient (Wildman–Crippen LogP) is 2.37. The molecule has 0 amide bonds. The topological polar surface area (TPSA) is 53.1 Å². The summed E-state index contributed by atoms with van der Waals surface area (Å²) >= 11 is 0. The van der Waals surface area contributed by atoms with Crippen molar-refractivity contribution < 1.29 is 4.74 Å². The van der Waals surface area contributed by atoms with E-state index in [2.05, 4.69) is 12.0 Å². The van der Waals surface area contributed by atoms with Crippen LogP contribution in [0.1, 0.15) is 24.9 Å². The van der Waals surface area contributed by atoms with Gasteiger partial charge in [-0.25, -0.2) is 0 Å². The number of aromatic nitrogens is 2. The second kappa shape index (κ2) is 6.21. The van der Waals surface area contributed by atoms with Crippen molar-refractivity contribution in [1.29, 1.82) is 0 Å². The quantitative estimate of drug-likeness (QED) is 0.850. The number of ether oxygens (including phenoxy) is 1. The van der Waals surface area contributed by atoms with Crippen LogP contribution < -0.4 is 10.5 Å². The summed E-state index contributed by atoms with van der Waals surface area (Å²) < 4.78 is 7.64. The van der Waals surface area contributed by atoms with Crippen molar-refractivity contribution in [2.24, 2.45) is 5.73 Å². The number of rotatable bonds is 6. The van der Waals surface area contributed by atoms with Crippen molar-refractivity contribution in [3.63, 3.8) is 0 Å². The molecule has 2 aromatic rings. The van der Waals surface area contributed by atoms with Gasteiger partial charge in [-0.2, -0.15) is 5.10 Å². The minimum Gasteiger partial charge on any atom is -0.491 e. The van der Waals surface area contributed by atoms with Crippen LogP contribution in [0.4, 0.5) is 0 Å². The molecule has 0 radical (unpaired) electrons. The lowest BCUT2D eigenvalue weighted by atomic mass is 10.0. The van der Waals surface area contributed by atoms with Crippen LogP contribution in [0.3, 0.4) is 0 Å². The Labute approximate surface area is 107 Å². The summed E-state index contributed by atoms with van der Waals surface area (Å²) in [6, 6.07) is 9.89. The van der Waals surface area contributed by atoms with E-state index < -0.39 is 0 Å². The van der Waals surface area contributed by atoms with Crippen molar-refractivity contribution in [2.75, 3.05) is 6.61 Å². The Hall–Kier alpha value is -1.81. The molecule has 4 nitrogen and oxygen atoms in total. The lowest BCUT2D eigenvalue weighted by Gasteiger charge is -2.15. The summed E-state index contributed by atoms with van der Waals surface area (Å²) in [5, 5.41) is 4.13. The number of nitrogens with zero attached hydrogens (tertiary/aromatic N) is 2. The van der Waals surface area contributed by atoms with Gasteiger partial charge >= 0.3 is 0 Å². The van der Waals surface area contributed by atoms with Crippen LogP contribution in [0.25, 0.3) is 0 Å². The maximum atomic E-state index is 6.06. The Morgan fingerprint density at radius 1 is 1.33 bits per heavy atom. The summed E-state index contributed by atoms with van der Waals surface area (Å²) in [5.74, 6) is 0.874. The number of hydrogen-bond donors (Lipinski definition) is 1. The van der Waals surface area contributed by atoms with Crippen LogP contribution in [-0.4, -0.2) is 16.4 Å².